The van der Waals surface area contributed by atoms with Crippen LogP contribution in [0.4, 0.5) is 0 Å². The number of aromatic amines is 1. The summed E-state index contributed by atoms with van der Waals surface area (Å²) in [4.78, 5) is 80.9. The highest BCUT2D eigenvalue weighted by molar-refractivity contribution is 7.80. The van der Waals surface area contributed by atoms with Gasteiger partial charge in [0.15, 0.2) is 0 Å². The Morgan fingerprint density at radius 2 is 1.39 bits per heavy atom. The molecule has 15 heteroatoms. The average Bonchev–Trinajstić information content (AvgIpc) is 3.48. The van der Waals surface area contributed by atoms with Gasteiger partial charge in [0.2, 0.25) is 29.5 Å². The molecule has 14 nitrogen and oxygen atoms in total. The zero-order valence-corrected chi connectivity index (χ0v) is 30.1. The molecule has 49 heavy (non-hydrogen) atoms. The molecule has 0 saturated heterocycles. The highest BCUT2D eigenvalue weighted by Gasteiger charge is 2.34. The number of rotatable bonds is 20. The maximum atomic E-state index is 13.9. The Bertz CT molecular complexity index is 1450. The molecule has 7 atom stereocenters. The van der Waals surface area contributed by atoms with Crippen molar-refractivity contribution in [1.82, 2.24) is 31.6 Å². The fourth-order valence-electron chi connectivity index (χ4n) is 5.11. The lowest BCUT2D eigenvalue weighted by molar-refractivity contribution is -0.137. The van der Waals surface area contributed by atoms with Crippen LogP contribution in [0.2, 0.25) is 0 Å². The zero-order chi connectivity index (χ0) is 36.8. The molecule has 0 aliphatic carbocycles. The molecule has 272 valence electrons. The molecular formula is C34H53N7O7S. The number of carboxylic acid groups (broad SMARTS) is 1. The van der Waals surface area contributed by atoms with Gasteiger partial charge in [-0.2, -0.15) is 12.6 Å². The number of para-hydroxylation sites is 1. The number of fused-ring (bicyclic) bond motifs is 1. The van der Waals surface area contributed by atoms with Crippen molar-refractivity contribution in [3.05, 3.63) is 36.0 Å². The first-order valence-corrected chi connectivity index (χ1v) is 17.4. The van der Waals surface area contributed by atoms with Crippen molar-refractivity contribution >= 4 is 59.0 Å². The molecule has 0 aliphatic heterocycles. The summed E-state index contributed by atoms with van der Waals surface area (Å²) in [5.41, 5.74) is 7.73. The van der Waals surface area contributed by atoms with Crippen molar-refractivity contribution in [2.45, 2.75) is 97.4 Å². The molecule has 0 spiro atoms. The number of carboxylic acids is 1. The maximum Gasteiger partial charge on any atom is 0.305 e. The van der Waals surface area contributed by atoms with Crippen LogP contribution in [0.5, 0.6) is 0 Å². The van der Waals surface area contributed by atoms with E-state index < -0.39 is 65.7 Å². The second kappa shape index (κ2) is 19.8. The van der Waals surface area contributed by atoms with E-state index in [0.717, 1.165) is 16.5 Å². The predicted molar refractivity (Wildman–Crippen MR) is 191 cm³/mol. The second-order valence-electron chi connectivity index (χ2n) is 12.8. The summed E-state index contributed by atoms with van der Waals surface area (Å²) in [6.45, 7) is 10.8. The van der Waals surface area contributed by atoms with Gasteiger partial charge in [0.05, 0.1) is 12.5 Å². The van der Waals surface area contributed by atoms with Crippen molar-refractivity contribution in [2.24, 2.45) is 23.5 Å². The van der Waals surface area contributed by atoms with E-state index in [1.165, 1.54) is 0 Å². The first-order valence-electron chi connectivity index (χ1n) is 16.8. The normalized spacial score (nSPS) is 15.6. The number of H-pyrrole nitrogens is 1. The Morgan fingerprint density at radius 1 is 0.796 bits per heavy atom. The van der Waals surface area contributed by atoms with Crippen LogP contribution in [-0.2, 0) is 35.2 Å². The zero-order valence-electron chi connectivity index (χ0n) is 29.2. The van der Waals surface area contributed by atoms with E-state index in [4.69, 9.17) is 10.8 Å². The number of hydrogen-bond donors (Lipinski definition) is 9. The molecule has 3 unspecified atom stereocenters. The Morgan fingerprint density at radius 3 is 1.98 bits per heavy atom. The fraction of sp³-hybridized carbons (Fsp3) is 0.588. The number of carbonyl (C=O) groups excluding carboxylic acids is 5. The SMILES string of the molecule is CCC(C)C(N)C(=O)N[C@H](C(=O)N[C@@H](Cc1c[nH]c2ccccc12)C(=O)N[C@@H](CS)C(=O)N[C@H](C(=O)NCCC(=O)O)C(C)C)C(C)CC. The molecule has 1 aromatic carbocycles. The van der Waals surface area contributed by atoms with Crippen LogP contribution in [0.15, 0.2) is 30.5 Å². The van der Waals surface area contributed by atoms with Crippen molar-refractivity contribution in [3.63, 3.8) is 0 Å². The molecule has 5 amide bonds. The van der Waals surface area contributed by atoms with Crippen molar-refractivity contribution in [1.29, 1.82) is 0 Å². The van der Waals surface area contributed by atoms with E-state index in [1.807, 2.05) is 52.0 Å². The van der Waals surface area contributed by atoms with Gasteiger partial charge >= 0.3 is 5.97 Å². The smallest absolute Gasteiger partial charge is 0.305 e. The van der Waals surface area contributed by atoms with Gasteiger partial charge in [0.1, 0.15) is 24.2 Å². The number of nitrogens with one attached hydrogen (secondary N) is 6. The summed E-state index contributed by atoms with van der Waals surface area (Å²) in [5.74, 6) is -4.95. The molecule has 0 aliphatic rings. The van der Waals surface area contributed by atoms with Gasteiger partial charge < -0.3 is 42.4 Å². The molecule has 0 fully saturated rings. The third-order valence-electron chi connectivity index (χ3n) is 8.79. The number of benzene rings is 1. The monoisotopic (exact) mass is 703 g/mol. The van der Waals surface area contributed by atoms with Gasteiger partial charge in [-0.15, -0.1) is 0 Å². The molecule has 9 N–H and O–H groups in total. The molecule has 0 radical (unpaired) electrons. The van der Waals surface area contributed by atoms with E-state index >= 15 is 0 Å². The number of carbonyl (C=O) groups is 6. The molecule has 2 rings (SSSR count). The van der Waals surface area contributed by atoms with E-state index in [1.54, 1.807) is 20.0 Å². The summed E-state index contributed by atoms with van der Waals surface area (Å²) in [6.07, 6.45) is 2.75. The van der Waals surface area contributed by atoms with Crippen LogP contribution >= 0.6 is 12.6 Å². The van der Waals surface area contributed by atoms with E-state index in [9.17, 15) is 28.8 Å². The van der Waals surface area contributed by atoms with Crippen molar-refractivity contribution in [3.8, 4) is 0 Å². The lowest BCUT2D eigenvalue weighted by Crippen LogP contribution is -2.61. The molecular weight excluding hydrogens is 650 g/mol. The predicted octanol–water partition coefficient (Wildman–Crippen LogP) is 1.25. The third kappa shape index (κ3) is 12.1. The largest absolute Gasteiger partial charge is 0.481 e. The minimum atomic E-state index is -1.19. The summed E-state index contributed by atoms with van der Waals surface area (Å²) in [6, 6.07) is 2.30. The number of thiol groups is 1. The summed E-state index contributed by atoms with van der Waals surface area (Å²) in [5, 5.41) is 23.1. The standard InChI is InChI=1S/C34H53N7O7S/c1-7-19(5)27(35)32(46)41-29(20(6)8-2)34(48)38-24(15-21-16-37-23-12-10-9-11-22(21)23)30(44)39-25(17-49)31(45)40-28(18(3)4)33(47)36-14-13-26(42)43/h9-12,16,18-20,24-25,27-29,37,49H,7-8,13-15,17,35H2,1-6H3,(H,36,47)(H,38,48)(H,39,44)(H,40,45)(H,41,46)(H,42,43)/t19?,20?,24-,25-,27?,28-,29-/m0/s1. The molecule has 0 saturated carbocycles. The van der Waals surface area contributed by atoms with Crippen LogP contribution in [-0.4, -0.2) is 88.1 Å². The van der Waals surface area contributed by atoms with Gasteiger partial charge in [0.25, 0.3) is 0 Å². The Hall–Kier alpha value is -4.11. The van der Waals surface area contributed by atoms with Gasteiger partial charge in [-0.1, -0.05) is 72.6 Å². The van der Waals surface area contributed by atoms with Crippen LogP contribution in [0.1, 0.15) is 66.4 Å². The maximum absolute atomic E-state index is 13.9. The number of aliphatic carboxylic acids is 1. The number of amides is 5. The minimum absolute atomic E-state index is 0.0522. The van der Waals surface area contributed by atoms with Crippen molar-refractivity contribution < 1.29 is 33.9 Å². The van der Waals surface area contributed by atoms with E-state index in [0.29, 0.717) is 12.8 Å². The summed E-state index contributed by atoms with van der Waals surface area (Å²) in [7, 11) is 0. The van der Waals surface area contributed by atoms with E-state index in [2.05, 4.69) is 44.2 Å². The number of nitrogens with two attached hydrogens (primary N) is 1. The topological polar surface area (TPSA) is 225 Å². The minimum Gasteiger partial charge on any atom is -0.481 e. The van der Waals surface area contributed by atoms with Crippen LogP contribution in [0.25, 0.3) is 10.9 Å². The van der Waals surface area contributed by atoms with E-state index in [-0.39, 0.29) is 42.9 Å². The number of hydrogen-bond acceptors (Lipinski definition) is 8. The van der Waals surface area contributed by atoms with Crippen LogP contribution in [0.3, 0.4) is 0 Å². The quantitative estimate of drug-likeness (QED) is 0.0911. The molecule has 1 heterocycles. The van der Waals surface area contributed by atoms with Gasteiger partial charge in [-0.3, -0.25) is 28.8 Å². The van der Waals surface area contributed by atoms with Gasteiger partial charge in [0, 0.05) is 35.8 Å². The fourth-order valence-corrected chi connectivity index (χ4v) is 5.37. The third-order valence-corrected chi connectivity index (χ3v) is 9.15. The molecule has 1 aromatic heterocycles. The van der Waals surface area contributed by atoms with Gasteiger partial charge in [-0.25, -0.2) is 0 Å². The number of aromatic nitrogens is 1. The summed E-state index contributed by atoms with van der Waals surface area (Å²) < 4.78 is 0. The van der Waals surface area contributed by atoms with Crippen LogP contribution < -0.4 is 32.3 Å². The lowest BCUT2D eigenvalue weighted by Gasteiger charge is -2.29. The average molecular weight is 704 g/mol. The first-order chi connectivity index (χ1) is 23.1. The highest BCUT2D eigenvalue weighted by Crippen LogP contribution is 2.20. The van der Waals surface area contributed by atoms with Crippen LogP contribution in [0, 0.1) is 17.8 Å². The summed E-state index contributed by atoms with van der Waals surface area (Å²) >= 11 is 4.27. The highest BCUT2D eigenvalue weighted by atomic mass is 32.1. The first kappa shape index (κ1) is 41.1. The Balaban J connectivity index is 2.34. The van der Waals surface area contributed by atoms with Crippen molar-refractivity contribution in [2.75, 3.05) is 12.3 Å². The lowest BCUT2D eigenvalue weighted by atomic mass is 9.95. The Labute approximate surface area is 293 Å². The van der Waals surface area contributed by atoms with Gasteiger partial charge in [-0.05, 0) is 29.4 Å². The molecule has 2 aromatic rings. The second-order valence-corrected chi connectivity index (χ2v) is 13.2. The molecule has 0 bridgehead atoms. The Kier molecular flexibility index (Phi) is 16.6.